The van der Waals surface area contributed by atoms with Crippen molar-refractivity contribution in [3.8, 4) is 0 Å². The Morgan fingerprint density at radius 1 is 1.24 bits per heavy atom. The molecule has 3 rings (SSSR count). The molecule has 2 saturated heterocycles. The van der Waals surface area contributed by atoms with Crippen molar-refractivity contribution in [2.75, 3.05) is 30.8 Å². The molecule has 2 aliphatic rings. The van der Waals surface area contributed by atoms with Crippen LogP contribution in [0.4, 0.5) is 5.69 Å². The molecule has 0 bridgehead atoms. The Bertz CT molecular complexity index is 596. The van der Waals surface area contributed by atoms with Gasteiger partial charge in [-0.15, -0.1) is 0 Å². The van der Waals surface area contributed by atoms with E-state index in [4.69, 9.17) is 0 Å². The second-order valence-electron chi connectivity index (χ2n) is 6.61. The molecule has 0 radical (unpaired) electrons. The minimum Gasteiger partial charge on any atom is -0.355 e. The first-order valence-corrected chi connectivity index (χ1v) is 10.3. The van der Waals surface area contributed by atoms with E-state index in [2.05, 4.69) is 27.8 Å². The molecule has 0 aromatic heterocycles. The normalized spacial score (nSPS) is 21.5. The van der Waals surface area contributed by atoms with Gasteiger partial charge in [-0.3, -0.25) is 9.79 Å². The topological polar surface area (TPSA) is 56.7 Å². The van der Waals surface area contributed by atoms with Crippen LogP contribution < -0.4 is 15.5 Å². The highest BCUT2D eigenvalue weighted by molar-refractivity contribution is 8.00. The molecular formula is C19H28N4OS. The van der Waals surface area contributed by atoms with Gasteiger partial charge in [0.15, 0.2) is 5.96 Å². The molecule has 136 valence electrons. The van der Waals surface area contributed by atoms with Crippen LogP contribution in [0.25, 0.3) is 0 Å². The molecule has 1 unspecified atom stereocenters. The fourth-order valence-corrected chi connectivity index (χ4v) is 4.50. The lowest BCUT2D eigenvalue weighted by Crippen LogP contribution is -2.39. The zero-order valence-electron chi connectivity index (χ0n) is 15.0. The van der Waals surface area contributed by atoms with Crippen LogP contribution in [0.2, 0.25) is 0 Å². The maximum Gasteiger partial charge on any atom is 0.226 e. The highest BCUT2D eigenvalue weighted by atomic mass is 32.2. The smallest absolute Gasteiger partial charge is 0.226 e. The molecule has 6 heteroatoms. The monoisotopic (exact) mass is 360 g/mol. The van der Waals surface area contributed by atoms with E-state index in [1.54, 1.807) is 0 Å². The molecule has 0 spiro atoms. The van der Waals surface area contributed by atoms with Gasteiger partial charge in [0.2, 0.25) is 5.91 Å². The zero-order chi connectivity index (χ0) is 17.5. The molecule has 25 heavy (non-hydrogen) atoms. The minimum atomic E-state index is 0.242. The predicted molar refractivity (Wildman–Crippen MR) is 106 cm³/mol. The van der Waals surface area contributed by atoms with Crippen molar-refractivity contribution in [2.24, 2.45) is 4.99 Å². The number of carbonyl (C=O) groups is 1. The van der Waals surface area contributed by atoms with E-state index >= 15 is 0 Å². The third-order valence-corrected chi connectivity index (χ3v) is 6.17. The van der Waals surface area contributed by atoms with E-state index in [1.165, 1.54) is 24.2 Å². The number of nitrogens with one attached hydrogen (secondary N) is 2. The number of hydrogen-bond donors (Lipinski definition) is 2. The summed E-state index contributed by atoms with van der Waals surface area (Å²) in [6.07, 6.45) is 5.41. The average molecular weight is 361 g/mol. The predicted octanol–water partition coefficient (Wildman–Crippen LogP) is 2.76. The fourth-order valence-electron chi connectivity index (χ4n) is 3.29. The van der Waals surface area contributed by atoms with Crippen LogP contribution in [0.3, 0.4) is 0 Å². The molecule has 0 saturated carbocycles. The summed E-state index contributed by atoms with van der Waals surface area (Å²) < 4.78 is 0. The quantitative estimate of drug-likeness (QED) is 0.626. The molecule has 0 aliphatic carbocycles. The molecule has 1 atom stereocenters. The lowest BCUT2D eigenvalue weighted by Gasteiger charge is -2.26. The lowest BCUT2D eigenvalue weighted by atomic mass is 10.1. The number of guanidine groups is 1. The molecule has 2 fully saturated rings. The van der Waals surface area contributed by atoms with Gasteiger partial charge in [0.05, 0.1) is 0 Å². The van der Waals surface area contributed by atoms with Gasteiger partial charge in [0, 0.05) is 44.0 Å². The number of rotatable bonds is 5. The largest absolute Gasteiger partial charge is 0.355 e. The summed E-state index contributed by atoms with van der Waals surface area (Å²) in [5.41, 5.74) is 2.20. The van der Waals surface area contributed by atoms with Crippen molar-refractivity contribution in [1.82, 2.24) is 10.6 Å². The molecule has 1 aromatic carbocycles. The van der Waals surface area contributed by atoms with Crippen molar-refractivity contribution in [2.45, 2.75) is 43.9 Å². The van der Waals surface area contributed by atoms with E-state index < -0.39 is 0 Å². The van der Waals surface area contributed by atoms with Crippen LogP contribution in [0, 0.1) is 0 Å². The van der Waals surface area contributed by atoms with Crippen molar-refractivity contribution < 1.29 is 4.79 Å². The standard InChI is InChI=1S/C19H28N4OS/c1-20-19(22-14-17-5-4-12-25-17)21-13-15-7-9-16(10-8-15)23-11-3-2-6-18(23)24/h7-10,17H,2-6,11-14H2,1H3,(H2,20,21,22). The molecular weight excluding hydrogens is 332 g/mol. The number of piperidine rings is 1. The van der Waals surface area contributed by atoms with E-state index in [0.29, 0.717) is 11.7 Å². The summed E-state index contributed by atoms with van der Waals surface area (Å²) in [6, 6.07) is 8.27. The van der Waals surface area contributed by atoms with Crippen molar-refractivity contribution in [3.05, 3.63) is 29.8 Å². The second-order valence-corrected chi connectivity index (χ2v) is 8.02. The number of amides is 1. The van der Waals surface area contributed by atoms with Gasteiger partial charge in [-0.2, -0.15) is 11.8 Å². The molecule has 5 nitrogen and oxygen atoms in total. The van der Waals surface area contributed by atoms with Crippen molar-refractivity contribution in [3.63, 3.8) is 0 Å². The number of thioether (sulfide) groups is 1. The molecule has 1 amide bonds. The summed E-state index contributed by atoms with van der Waals surface area (Å²) in [5, 5.41) is 7.49. The summed E-state index contributed by atoms with van der Waals surface area (Å²) in [4.78, 5) is 18.2. The first-order valence-electron chi connectivity index (χ1n) is 9.21. The Morgan fingerprint density at radius 2 is 2.08 bits per heavy atom. The lowest BCUT2D eigenvalue weighted by molar-refractivity contribution is -0.119. The summed E-state index contributed by atoms with van der Waals surface area (Å²) in [7, 11) is 1.81. The van der Waals surface area contributed by atoms with Crippen LogP contribution in [-0.2, 0) is 11.3 Å². The van der Waals surface area contributed by atoms with Crippen LogP contribution >= 0.6 is 11.8 Å². The number of hydrogen-bond acceptors (Lipinski definition) is 3. The number of aliphatic imine (C=N–C) groups is 1. The number of benzene rings is 1. The van der Waals surface area contributed by atoms with Gasteiger partial charge in [-0.1, -0.05) is 12.1 Å². The Labute approximate surface area is 154 Å². The van der Waals surface area contributed by atoms with Crippen molar-refractivity contribution >= 4 is 29.3 Å². The Kier molecular flexibility index (Phi) is 6.62. The Hall–Kier alpha value is -1.69. The van der Waals surface area contributed by atoms with E-state index in [-0.39, 0.29) is 5.91 Å². The fraction of sp³-hybridized carbons (Fsp3) is 0.579. The first-order chi connectivity index (χ1) is 12.3. The van der Waals surface area contributed by atoms with Gasteiger partial charge >= 0.3 is 0 Å². The van der Waals surface area contributed by atoms with Crippen LogP contribution in [-0.4, -0.2) is 43.0 Å². The minimum absolute atomic E-state index is 0.242. The highest BCUT2D eigenvalue weighted by Gasteiger charge is 2.19. The Balaban J connectivity index is 1.48. The van der Waals surface area contributed by atoms with Gasteiger partial charge < -0.3 is 15.5 Å². The summed E-state index contributed by atoms with van der Waals surface area (Å²) in [6.45, 7) is 2.54. The second kappa shape index (κ2) is 9.13. The zero-order valence-corrected chi connectivity index (χ0v) is 15.8. The Morgan fingerprint density at radius 3 is 2.76 bits per heavy atom. The van der Waals surface area contributed by atoms with E-state index in [1.807, 2.05) is 35.8 Å². The van der Waals surface area contributed by atoms with Crippen molar-refractivity contribution in [1.29, 1.82) is 0 Å². The first kappa shape index (κ1) is 18.1. The van der Waals surface area contributed by atoms with E-state index in [0.717, 1.165) is 44.1 Å². The molecule has 2 heterocycles. The number of carbonyl (C=O) groups excluding carboxylic acids is 1. The van der Waals surface area contributed by atoms with Gasteiger partial charge in [0.25, 0.3) is 0 Å². The summed E-state index contributed by atoms with van der Waals surface area (Å²) in [5.74, 6) is 2.37. The number of anilines is 1. The summed E-state index contributed by atoms with van der Waals surface area (Å²) >= 11 is 2.05. The van der Waals surface area contributed by atoms with Crippen LogP contribution in [0.15, 0.2) is 29.3 Å². The average Bonchev–Trinajstić information content (AvgIpc) is 3.16. The SMILES string of the molecule is CN=C(NCc1ccc(N2CCCCC2=O)cc1)NCC1CCCS1. The number of nitrogens with zero attached hydrogens (tertiary/aromatic N) is 2. The van der Waals surface area contributed by atoms with Gasteiger partial charge in [-0.25, -0.2) is 0 Å². The van der Waals surface area contributed by atoms with Crippen LogP contribution in [0.1, 0.15) is 37.7 Å². The maximum atomic E-state index is 12.0. The third kappa shape index (κ3) is 5.14. The van der Waals surface area contributed by atoms with Gasteiger partial charge in [0.1, 0.15) is 0 Å². The maximum absolute atomic E-state index is 12.0. The third-order valence-electron chi connectivity index (χ3n) is 4.78. The van der Waals surface area contributed by atoms with Gasteiger partial charge in [-0.05, 0) is 49.1 Å². The van der Waals surface area contributed by atoms with E-state index in [9.17, 15) is 4.79 Å². The highest BCUT2D eigenvalue weighted by Crippen LogP contribution is 2.25. The molecule has 1 aromatic rings. The molecule has 2 N–H and O–H groups in total. The van der Waals surface area contributed by atoms with Crippen LogP contribution in [0.5, 0.6) is 0 Å². The molecule has 2 aliphatic heterocycles.